The minimum absolute atomic E-state index is 0. The molecule has 23 heavy (non-hydrogen) atoms. The summed E-state index contributed by atoms with van der Waals surface area (Å²) in [5.74, 6) is -0.501. The molecule has 3 N–H and O–H groups in total. The molecule has 0 bridgehead atoms. The normalized spacial score (nSPS) is 29.3. The van der Waals surface area contributed by atoms with Gasteiger partial charge < -0.3 is 16.0 Å². The van der Waals surface area contributed by atoms with Crippen LogP contribution in [0.5, 0.6) is 0 Å². The highest BCUT2D eigenvalue weighted by atomic mass is 35.5. The molecule has 4 amide bonds. The summed E-state index contributed by atoms with van der Waals surface area (Å²) in [6.45, 7) is 2.81. The van der Waals surface area contributed by atoms with Gasteiger partial charge in [-0.25, -0.2) is 4.79 Å². The molecule has 3 aliphatic rings. The molecule has 7 nitrogen and oxygen atoms in total. The highest BCUT2D eigenvalue weighted by molar-refractivity contribution is 6.09. The maximum absolute atomic E-state index is 12.5. The number of nitrogens with one attached hydrogen (secondary N) is 3. The molecule has 8 heteroatoms. The first-order valence-electron chi connectivity index (χ1n) is 8.19. The molecule has 0 aromatic heterocycles. The van der Waals surface area contributed by atoms with Gasteiger partial charge >= 0.3 is 6.03 Å². The fourth-order valence-electron chi connectivity index (χ4n) is 3.77. The van der Waals surface area contributed by atoms with Crippen LogP contribution in [-0.4, -0.2) is 53.5 Å². The van der Waals surface area contributed by atoms with E-state index in [2.05, 4.69) is 16.0 Å². The molecule has 2 unspecified atom stereocenters. The lowest BCUT2D eigenvalue weighted by Gasteiger charge is -2.31. The van der Waals surface area contributed by atoms with Crippen LogP contribution >= 0.6 is 12.4 Å². The number of rotatable bonds is 3. The lowest BCUT2D eigenvalue weighted by Crippen LogP contribution is -2.54. The zero-order chi connectivity index (χ0) is 15.7. The van der Waals surface area contributed by atoms with Gasteiger partial charge in [-0.3, -0.25) is 14.5 Å². The van der Waals surface area contributed by atoms with Crippen molar-refractivity contribution in [2.75, 3.05) is 13.1 Å². The van der Waals surface area contributed by atoms with E-state index in [0.29, 0.717) is 12.8 Å². The number of nitrogens with zero attached hydrogens (tertiary/aromatic N) is 1. The van der Waals surface area contributed by atoms with Gasteiger partial charge in [-0.2, -0.15) is 0 Å². The third-order valence-electron chi connectivity index (χ3n) is 5.11. The van der Waals surface area contributed by atoms with E-state index in [-0.39, 0.29) is 42.8 Å². The quantitative estimate of drug-likeness (QED) is 0.651. The summed E-state index contributed by atoms with van der Waals surface area (Å²) in [7, 11) is 0. The second-order valence-corrected chi connectivity index (χ2v) is 6.67. The smallest absolute Gasteiger partial charge is 0.325 e. The minimum atomic E-state index is -0.739. The molecule has 130 valence electrons. The molecule has 3 rings (SSSR count). The van der Waals surface area contributed by atoms with Crippen LogP contribution in [0.25, 0.3) is 0 Å². The van der Waals surface area contributed by atoms with Crippen LogP contribution < -0.4 is 16.0 Å². The Balaban J connectivity index is 0.00000192. The van der Waals surface area contributed by atoms with Crippen LogP contribution in [0.1, 0.15) is 45.4 Å². The van der Waals surface area contributed by atoms with E-state index < -0.39 is 11.6 Å². The van der Waals surface area contributed by atoms with Gasteiger partial charge in [0.05, 0.1) is 0 Å². The number of carbonyl (C=O) groups is 3. The molecule has 0 radical (unpaired) electrons. The first-order chi connectivity index (χ1) is 10.5. The number of carbonyl (C=O) groups excluding carboxylic acids is 3. The number of urea groups is 1. The predicted octanol–water partition coefficient (Wildman–Crippen LogP) is 0.530. The third kappa shape index (κ3) is 3.45. The van der Waals surface area contributed by atoms with Gasteiger partial charge in [-0.1, -0.05) is 12.8 Å². The molecule has 0 aromatic rings. The van der Waals surface area contributed by atoms with Crippen molar-refractivity contribution in [1.29, 1.82) is 0 Å². The molecule has 3 fully saturated rings. The summed E-state index contributed by atoms with van der Waals surface area (Å²) >= 11 is 0. The number of halogens is 1. The Kier molecular flexibility index (Phi) is 5.52. The predicted molar refractivity (Wildman–Crippen MR) is 87.3 cm³/mol. The second kappa shape index (κ2) is 7.05. The SMILES string of the molecule is CC1NCCCC1NC(=O)CN1C(=O)NC2(CCCC2)C1=O.Cl. The van der Waals surface area contributed by atoms with Crippen LogP contribution in [0, 0.1) is 0 Å². The molecular formula is C15H25ClN4O3. The van der Waals surface area contributed by atoms with Crippen molar-refractivity contribution in [3.63, 3.8) is 0 Å². The number of hydrogen-bond acceptors (Lipinski definition) is 4. The summed E-state index contributed by atoms with van der Waals surface area (Å²) in [5.41, 5.74) is -0.739. The summed E-state index contributed by atoms with van der Waals surface area (Å²) < 4.78 is 0. The highest BCUT2D eigenvalue weighted by Gasteiger charge is 2.52. The number of piperidine rings is 1. The van der Waals surface area contributed by atoms with Gasteiger partial charge in [0.1, 0.15) is 12.1 Å². The Morgan fingerprint density at radius 2 is 2.00 bits per heavy atom. The van der Waals surface area contributed by atoms with Crippen LogP contribution in [0.2, 0.25) is 0 Å². The van der Waals surface area contributed by atoms with Crippen molar-refractivity contribution < 1.29 is 14.4 Å². The van der Waals surface area contributed by atoms with Gasteiger partial charge in [0.15, 0.2) is 0 Å². The van der Waals surface area contributed by atoms with Crippen molar-refractivity contribution in [3.05, 3.63) is 0 Å². The van der Waals surface area contributed by atoms with Crippen LogP contribution in [0.15, 0.2) is 0 Å². The van der Waals surface area contributed by atoms with E-state index in [1.54, 1.807) is 0 Å². The zero-order valence-corrected chi connectivity index (χ0v) is 14.2. The van der Waals surface area contributed by atoms with E-state index in [9.17, 15) is 14.4 Å². The largest absolute Gasteiger partial charge is 0.350 e. The number of amides is 4. The summed E-state index contributed by atoms with van der Waals surface area (Å²) in [6.07, 6.45) is 5.18. The second-order valence-electron chi connectivity index (χ2n) is 6.67. The minimum Gasteiger partial charge on any atom is -0.350 e. The summed E-state index contributed by atoms with van der Waals surface area (Å²) in [4.78, 5) is 37.8. The maximum Gasteiger partial charge on any atom is 0.325 e. The van der Waals surface area contributed by atoms with E-state index in [0.717, 1.165) is 37.1 Å². The van der Waals surface area contributed by atoms with Crippen LogP contribution in [-0.2, 0) is 9.59 Å². The van der Waals surface area contributed by atoms with Crippen molar-refractivity contribution in [1.82, 2.24) is 20.9 Å². The zero-order valence-electron chi connectivity index (χ0n) is 13.4. The molecule has 2 aliphatic heterocycles. The Morgan fingerprint density at radius 1 is 1.30 bits per heavy atom. The summed E-state index contributed by atoms with van der Waals surface area (Å²) in [6, 6.07) is -0.165. The molecular weight excluding hydrogens is 320 g/mol. The molecule has 0 aromatic carbocycles. The van der Waals surface area contributed by atoms with E-state index in [1.165, 1.54) is 0 Å². The Labute approximate surface area is 142 Å². The standard InChI is InChI=1S/C15H24N4O3.ClH/c1-10-11(5-4-8-16-10)17-12(20)9-19-13(21)15(18-14(19)22)6-2-3-7-15;/h10-11,16H,2-9H2,1H3,(H,17,20)(H,18,22);1H. The van der Waals surface area contributed by atoms with Crippen LogP contribution in [0.4, 0.5) is 4.79 Å². The molecule has 2 heterocycles. The monoisotopic (exact) mass is 344 g/mol. The van der Waals surface area contributed by atoms with E-state index >= 15 is 0 Å². The van der Waals surface area contributed by atoms with Crippen LogP contribution in [0.3, 0.4) is 0 Å². The van der Waals surface area contributed by atoms with Gasteiger partial charge in [-0.15, -0.1) is 12.4 Å². The molecule has 2 atom stereocenters. The third-order valence-corrected chi connectivity index (χ3v) is 5.11. The molecule has 1 spiro atoms. The average Bonchev–Trinajstić information content (AvgIpc) is 3.03. The first-order valence-corrected chi connectivity index (χ1v) is 8.19. The Bertz CT molecular complexity index is 493. The van der Waals surface area contributed by atoms with Crippen molar-refractivity contribution >= 4 is 30.3 Å². The van der Waals surface area contributed by atoms with Gasteiger partial charge in [0.25, 0.3) is 5.91 Å². The van der Waals surface area contributed by atoms with Gasteiger partial charge in [0.2, 0.25) is 5.91 Å². The fraction of sp³-hybridized carbons (Fsp3) is 0.800. The maximum atomic E-state index is 12.5. The van der Waals surface area contributed by atoms with Crippen molar-refractivity contribution in [3.8, 4) is 0 Å². The topological polar surface area (TPSA) is 90.5 Å². The van der Waals surface area contributed by atoms with E-state index in [1.807, 2.05) is 6.92 Å². The lowest BCUT2D eigenvalue weighted by molar-refractivity contribution is -0.135. The number of hydrogen-bond donors (Lipinski definition) is 3. The molecule has 2 saturated heterocycles. The van der Waals surface area contributed by atoms with Gasteiger partial charge in [-0.05, 0) is 39.2 Å². The molecule has 1 saturated carbocycles. The number of imide groups is 1. The van der Waals surface area contributed by atoms with Crippen molar-refractivity contribution in [2.24, 2.45) is 0 Å². The van der Waals surface area contributed by atoms with Crippen molar-refractivity contribution in [2.45, 2.75) is 63.1 Å². The Morgan fingerprint density at radius 3 is 2.65 bits per heavy atom. The Hall–Kier alpha value is -1.34. The fourth-order valence-corrected chi connectivity index (χ4v) is 3.77. The first kappa shape index (κ1) is 18.0. The average molecular weight is 345 g/mol. The van der Waals surface area contributed by atoms with E-state index in [4.69, 9.17) is 0 Å². The molecule has 1 aliphatic carbocycles. The lowest BCUT2D eigenvalue weighted by atomic mass is 9.98. The highest BCUT2D eigenvalue weighted by Crippen LogP contribution is 2.34. The summed E-state index contributed by atoms with van der Waals surface area (Å²) in [5, 5.41) is 9.05. The van der Waals surface area contributed by atoms with Gasteiger partial charge in [0, 0.05) is 12.1 Å².